The summed E-state index contributed by atoms with van der Waals surface area (Å²) >= 11 is 0. The van der Waals surface area contributed by atoms with Crippen LogP contribution in [0.25, 0.3) is 0 Å². The summed E-state index contributed by atoms with van der Waals surface area (Å²) in [6, 6.07) is 7.71. The van der Waals surface area contributed by atoms with Gasteiger partial charge >= 0.3 is 0 Å². The summed E-state index contributed by atoms with van der Waals surface area (Å²) in [5.74, 6) is 0.813. The molecule has 1 rings (SSSR count). The van der Waals surface area contributed by atoms with E-state index < -0.39 is 0 Å². The molecule has 0 aliphatic heterocycles. The van der Waals surface area contributed by atoms with Crippen LogP contribution in [0.4, 0.5) is 0 Å². The van der Waals surface area contributed by atoms with E-state index >= 15 is 0 Å². The van der Waals surface area contributed by atoms with Crippen LogP contribution in [0.3, 0.4) is 0 Å². The molecule has 0 aliphatic carbocycles. The monoisotopic (exact) mass is 251 g/mol. The highest BCUT2D eigenvalue weighted by molar-refractivity contribution is 5.77. The van der Waals surface area contributed by atoms with Gasteiger partial charge in [-0.3, -0.25) is 9.69 Å². The minimum Gasteiger partial charge on any atom is -0.492 e. The van der Waals surface area contributed by atoms with Gasteiger partial charge in [0.2, 0.25) is 5.91 Å². The topological polar surface area (TPSA) is 67.6 Å². The lowest BCUT2D eigenvalue weighted by Crippen LogP contribution is -2.35. The number of amides is 1. The fraction of sp³-hybridized carbons (Fsp3) is 0.462. The van der Waals surface area contributed by atoms with Gasteiger partial charge in [-0.25, -0.2) is 0 Å². The second-order valence-corrected chi connectivity index (χ2v) is 4.07. The number of benzene rings is 1. The lowest BCUT2D eigenvalue weighted by molar-refractivity contribution is -0.121. The lowest BCUT2D eigenvalue weighted by Gasteiger charge is -2.16. The van der Waals surface area contributed by atoms with Crippen molar-refractivity contribution in [2.45, 2.75) is 6.54 Å². The average molecular weight is 251 g/mol. The molecule has 1 aromatic carbocycles. The first kappa shape index (κ1) is 14.5. The molecule has 0 aliphatic rings. The van der Waals surface area contributed by atoms with Gasteiger partial charge in [0.1, 0.15) is 12.4 Å². The molecule has 5 heteroatoms. The zero-order valence-corrected chi connectivity index (χ0v) is 11.0. The van der Waals surface area contributed by atoms with Gasteiger partial charge in [0, 0.05) is 25.7 Å². The van der Waals surface area contributed by atoms with Crippen molar-refractivity contribution in [1.29, 1.82) is 0 Å². The van der Waals surface area contributed by atoms with Crippen LogP contribution in [0.1, 0.15) is 5.56 Å². The fourth-order valence-electron chi connectivity index (χ4n) is 1.53. The second kappa shape index (κ2) is 7.68. The van der Waals surface area contributed by atoms with Crippen molar-refractivity contribution in [2.24, 2.45) is 5.73 Å². The Bertz CT molecular complexity index is 382. The summed E-state index contributed by atoms with van der Waals surface area (Å²) in [4.78, 5) is 13.1. The largest absolute Gasteiger partial charge is 0.492 e. The van der Waals surface area contributed by atoms with Crippen molar-refractivity contribution in [2.75, 3.05) is 33.8 Å². The van der Waals surface area contributed by atoms with Crippen LogP contribution < -0.4 is 15.8 Å². The lowest BCUT2D eigenvalue weighted by atomic mass is 10.2. The summed E-state index contributed by atoms with van der Waals surface area (Å²) < 4.78 is 5.66. The molecule has 100 valence electrons. The van der Waals surface area contributed by atoms with E-state index in [2.05, 4.69) is 5.32 Å². The van der Waals surface area contributed by atoms with E-state index in [0.29, 0.717) is 26.2 Å². The molecular weight excluding hydrogens is 230 g/mol. The molecule has 0 saturated carbocycles. The predicted octanol–water partition coefficient (Wildman–Crippen LogP) is 0.202. The SMILES string of the molecule is CNC(=O)CN(C)CCOc1ccccc1CN. The van der Waals surface area contributed by atoms with E-state index in [-0.39, 0.29) is 5.91 Å². The van der Waals surface area contributed by atoms with Crippen LogP contribution >= 0.6 is 0 Å². The highest BCUT2D eigenvalue weighted by Crippen LogP contribution is 2.16. The molecule has 0 saturated heterocycles. The van der Waals surface area contributed by atoms with Gasteiger partial charge in [0.25, 0.3) is 0 Å². The molecule has 0 bridgehead atoms. The quantitative estimate of drug-likeness (QED) is 0.726. The smallest absolute Gasteiger partial charge is 0.233 e. The Morgan fingerprint density at radius 1 is 1.44 bits per heavy atom. The highest BCUT2D eigenvalue weighted by atomic mass is 16.5. The molecular formula is C13H21N3O2. The van der Waals surface area contributed by atoms with E-state index in [1.807, 2.05) is 36.2 Å². The fourth-order valence-corrected chi connectivity index (χ4v) is 1.53. The number of para-hydroxylation sites is 1. The van der Waals surface area contributed by atoms with Crippen LogP contribution in [-0.4, -0.2) is 44.6 Å². The Labute approximate surface area is 108 Å². The van der Waals surface area contributed by atoms with Crippen molar-refractivity contribution >= 4 is 5.91 Å². The van der Waals surface area contributed by atoms with Crippen molar-refractivity contribution < 1.29 is 9.53 Å². The Balaban J connectivity index is 2.35. The number of carbonyl (C=O) groups excluding carboxylic acids is 1. The van der Waals surface area contributed by atoms with Crippen LogP contribution in [0.15, 0.2) is 24.3 Å². The molecule has 0 unspecified atom stereocenters. The van der Waals surface area contributed by atoms with E-state index in [1.54, 1.807) is 7.05 Å². The minimum absolute atomic E-state index is 0.000131. The molecule has 5 nitrogen and oxygen atoms in total. The van der Waals surface area contributed by atoms with Crippen LogP contribution in [0.2, 0.25) is 0 Å². The van der Waals surface area contributed by atoms with E-state index in [9.17, 15) is 4.79 Å². The number of nitrogens with zero attached hydrogens (tertiary/aromatic N) is 1. The molecule has 0 aromatic heterocycles. The van der Waals surface area contributed by atoms with Crippen LogP contribution in [-0.2, 0) is 11.3 Å². The summed E-state index contributed by atoms with van der Waals surface area (Å²) in [5.41, 5.74) is 6.61. The maximum atomic E-state index is 11.1. The number of carbonyl (C=O) groups is 1. The van der Waals surface area contributed by atoms with Crippen molar-refractivity contribution in [3.8, 4) is 5.75 Å². The number of nitrogens with one attached hydrogen (secondary N) is 1. The van der Waals surface area contributed by atoms with Gasteiger partial charge in [0.05, 0.1) is 6.54 Å². The van der Waals surface area contributed by atoms with E-state index in [4.69, 9.17) is 10.5 Å². The molecule has 0 atom stereocenters. The molecule has 0 heterocycles. The van der Waals surface area contributed by atoms with Crippen LogP contribution in [0.5, 0.6) is 5.75 Å². The van der Waals surface area contributed by atoms with Crippen molar-refractivity contribution in [3.63, 3.8) is 0 Å². The van der Waals surface area contributed by atoms with Gasteiger partial charge < -0.3 is 15.8 Å². The average Bonchev–Trinajstić information content (AvgIpc) is 2.39. The number of hydrogen-bond acceptors (Lipinski definition) is 4. The van der Waals surface area contributed by atoms with Gasteiger partial charge in [-0.2, -0.15) is 0 Å². The predicted molar refractivity (Wildman–Crippen MR) is 71.4 cm³/mol. The molecule has 18 heavy (non-hydrogen) atoms. The van der Waals surface area contributed by atoms with Gasteiger partial charge in [-0.05, 0) is 13.1 Å². The van der Waals surface area contributed by atoms with Gasteiger partial charge in [0.15, 0.2) is 0 Å². The van der Waals surface area contributed by atoms with E-state index in [0.717, 1.165) is 11.3 Å². The summed E-state index contributed by atoms with van der Waals surface area (Å²) in [6.45, 7) is 2.06. The number of hydrogen-bond donors (Lipinski definition) is 2. The Morgan fingerprint density at radius 2 is 2.17 bits per heavy atom. The number of likely N-dealkylation sites (N-methyl/N-ethyl adjacent to an activating group) is 2. The molecule has 0 fully saturated rings. The molecule has 1 aromatic rings. The number of rotatable bonds is 7. The molecule has 3 N–H and O–H groups in total. The van der Waals surface area contributed by atoms with Crippen molar-refractivity contribution in [1.82, 2.24) is 10.2 Å². The minimum atomic E-state index is -0.000131. The molecule has 1 amide bonds. The highest BCUT2D eigenvalue weighted by Gasteiger charge is 2.05. The first-order chi connectivity index (χ1) is 8.67. The third-order valence-corrected chi connectivity index (χ3v) is 2.62. The Morgan fingerprint density at radius 3 is 2.83 bits per heavy atom. The number of ether oxygens (including phenoxy) is 1. The standard InChI is InChI=1S/C13H21N3O2/c1-15-13(17)10-16(2)7-8-18-12-6-4-3-5-11(12)9-14/h3-6H,7-10,14H2,1-2H3,(H,15,17). The van der Waals surface area contributed by atoms with E-state index in [1.165, 1.54) is 0 Å². The maximum absolute atomic E-state index is 11.1. The Kier molecular flexibility index (Phi) is 6.18. The van der Waals surface area contributed by atoms with Crippen molar-refractivity contribution in [3.05, 3.63) is 29.8 Å². The third kappa shape index (κ3) is 4.73. The second-order valence-electron chi connectivity index (χ2n) is 4.07. The Hall–Kier alpha value is -1.59. The normalized spacial score (nSPS) is 10.4. The summed E-state index contributed by atoms with van der Waals surface area (Å²) in [6.07, 6.45) is 0. The first-order valence-corrected chi connectivity index (χ1v) is 5.97. The summed E-state index contributed by atoms with van der Waals surface area (Å²) in [5, 5.41) is 2.58. The van der Waals surface area contributed by atoms with Gasteiger partial charge in [-0.15, -0.1) is 0 Å². The van der Waals surface area contributed by atoms with Gasteiger partial charge in [-0.1, -0.05) is 18.2 Å². The first-order valence-electron chi connectivity index (χ1n) is 5.97. The zero-order chi connectivity index (χ0) is 13.4. The molecule has 0 radical (unpaired) electrons. The number of nitrogens with two attached hydrogens (primary N) is 1. The zero-order valence-electron chi connectivity index (χ0n) is 11.0. The van der Waals surface area contributed by atoms with Crippen LogP contribution in [0, 0.1) is 0 Å². The molecule has 0 spiro atoms. The third-order valence-electron chi connectivity index (χ3n) is 2.62. The summed E-state index contributed by atoms with van der Waals surface area (Å²) in [7, 11) is 3.51. The maximum Gasteiger partial charge on any atom is 0.233 e.